The molecule has 0 fully saturated rings. The molecule has 1 heterocycles. The third kappa shape index (κ3) is 11.5. The van der Waals surface area contributed by atoms with Crippen molar-refractivity contribution in [1.82, 2.24) is 9.88 Å². The Bertz CT molecular complexity index is 1010. The molecule has 0 amide bonds. The molecule has 0 bridgehead atoms. The molecule has 0 aliphatic carbocycles. The van der Waals surface area contributed by atoms with Gasteiger partial charge in [0.25, 0.3) is 0 Å². The number of anilines is 2. The summed E-state index contributed by atoms with van der Waals surface area (Å²) in [7, 11) is 0. The Hall–Kier alpha value is -1.62. The molecule has 0 unspecified atom stereocenters. The van der Waals surface area contributed by atoms with E-state index >= 15 is 0 Å². The fourth-order valence-corrected chi connectivity index (χ4v) is 5.18. The third-order valence-corrected chi connectivity index (χ3v) is 7.32. The van der Waals surface area contributed by atoms with Crippen molar-refractivity contribution < 1.29 is 44.9 Å². The van der Waals surface area contributed by atoms with Crippen LogP contribution >= 0.6 is 0 Å². The minimum Gasteiger partial charge on any atom is -1.00 e. The van der Waals surface area contributed by atoms with Gasteiger partial charge in [-0.05, 0) is 58.1 Å². The van der Waals surface area contributed by atoms with E-state index in [4.69, 9.17) is 0 Å². The summed E-state index contributed by atoms with van der Waals surface area (Å²) in [5.74, 6) is 1.95. The Kier molecular flexibility index (Phi) is 18.8. The number of nitrogens with one attached hydrogen (secondary N) is 2. The van der Waals surface area contributed by atoms with Crippen LogP contribution in [0.25, 0.3) is 0 Å². The second-order valence-electron chi connectivity index (χ2n) is 11.7. The van der Waals surface area contributed by atoms with Crippen molar-refractivity contribution in [1.29, 1.82) is 0 Å². The first-order chi connectivity index (χ1) is 18.2. The second kappa shape index (κ2) is 19.5. The smallest absolute Gasteiger partial charge is 1.00 e. The van der Waals surface area contributed by atoms with Crippen LogP contribution in [0.5, 0.6) is 0 Å². The van der Waals surface area contributed by atoms with Gasteiger partial charge in [-0.1, -0.05) is 97.9 Å². The van der Waals surface area contributed by atoms with Gasteiger partial charge in [0.05, 0.1) is 5.69 Å². The van der Waals surface area contributed by atoms with Crippen LogP contribution < -0.4 is 35.4 Å². The number of hydrogen-bond acceptors (Lipinski definition) is 4. The second-order valence-corrected chi connectivity index (χ2v) is 11.7. The number of aromatic nitrogens is 1. The van der Waals surface area contributed by atoms with Gasteiger partial charge >= 0.3 is 20.1 Å². The summed E-state index contributed by atoms with van der Waals surface area (Å²) in [6.45, 7) is 22.8. The van der Waals surface area contributed by atoms with E-state index in [9.17, 15) is 0 Å². The van der Waals surface area contributed by atoms with Crippen LogP contribution in [0.1, 0.15) is 107 Å². The number of nitrogens with zero attached hydrogens (tertiary/aromatic N) is 2. The van der Waals surface area contributed by atoms with Gasteiger partial charge in [0.2, 0.25) is 0 Å². The summed E-state index contributed by atoms with van der Waals surface area (Å²) in [6, 6.07) is 19.7. The molecule has 7 heteroatoms. The number of halogens is 2. The summed E-state index contributed by atoms with van der Waals surface area (Å²) >= 11 is 0. The Morgan fingerprint density at radius 3 is 1.29 bits per heavy atom. The van der Waals surface area contributed by atoms with E-state index in [0.717, 1.165) is 38.4 Å². The molecule has 2 aromatic carbocycles. The van der Waals surface area contributed by atoms with Crippen molar-refractivity contribution in [2.24, 2.45) is 0 Å². The van der Waals surface area contributed by atoms with E-state index in [1.807, 2.05) is 12.3 Å². The maximum atomic E-state index is 4.62. The van der Waals surface area contributed by atoms with Crippen molar-refractivity contribution in [2.45, 2.75) is 85.6 Å². The average Bonchev–Trinajstić information content (AvgIpc) is 2.88. The molecule has 2 N–H and O–H groups in total. The van der Waals surface area contributed by atoms with Crippen LogP contribution in [0.3, 0.4) is 0 Å². The van der Waals surface area contributed by atoms with Gasteiger partial charge < -0.3 is 35.4 Å². The Morgan fingerprint density at radius 1 is 0.585 bits per heavy atom. The van der Waals surface area contributed by atoms with Gasteiger partial charge in [0.1, 0.15) is 0 Å². The molecular weight excluding hydrogens is 633 g/mol. The first-order valence-corrected chi connectivity index (χ1v) is 14.5. The van der Waals surface area contributed by atoms with Gasteiger partial charge in [0.15, 0.2) is 0 Å². The summed E-state index contributed by atoms with van der Waals surface area (Å²) in [5, 5.41) is 7.67. The molecule has 4 nitrogen and oxygen atoms in total. The van der Waals surface area contributed by atoms with Crippen LogP contribution in [0.2, 0.25) is 0 Å². The first kappa shape index (κ1) is 39.4. The zero-order chi connectivity index (χ0) is 27.7. The summed E-state index contributed by atoms with van der Waals surface area (Å²) in [6.07, 6.45) is 1.89. The predicted octanol–water partition coefficient (Wildman–Crippen LogP) is 2.61. The van der Waals surface area contributed by atoms with E-state index in [-0.39, 0.29) is 44.9 Å². The average molecular weight is 684 g/mol. The van der Waals surface area contributed by atoms with E-state index in [0.29, 0.717) is 23.7 Å². The Labute approximate surface area is 276 Å². The largest absolute Gasteiger partial charge is 2.00 e. The van der Waals surface area contributed by atoms with Crippen molar-refractivity contribution in [3.05, 3.63) is 88.7 Å². The molecule has 0 saturated heterocycles. The Morgan fingerprint density at radius 2 is 0.976 bits per heavy atom. The van der Waals surface area contributed by atoms with Crippen molar-refractivity contribution in [2.75, 3.05) is 36.8 Å². The molecule has 1 radical (unpaired) electrons. The van der Waals surface area contributed by atoms with Crippen LogP contribution in [-0.2, 0) is 26.7 Å². The summed E-state index contributed by atoms with van der Waals surface area (Å²) in [5.41, 5.74) is 9.37. The van der Waals surface area contributed by atoms with E-state index < -0.39 is 0 Å². The molecule has 3 aromatic rings. The monoisotopic (exact) mass is 681 g/mol. The zero-order valence-corrected chi connectivity index (χ0v) is 29.5. The normalized spacial score (nSPS) is 11.0. The predicted molar refractivity (Wildman–Crippen MR) is 166 cm³/mol. The number of para-hydroxylation sites is 2. The van der Waals surface area contributed by atoms with Gasteiger partial charge in [-0.25, -0.2) is 0 Å². The molecule has 0 atom stereocenters. The van der Waals surface area contributed by atoms with E-state index in [1.165, 1.54) is 33.6 Å². The van der Waals surface area contributed by atoms with Crippen molar-refractivity contribution in [3.63, 3.8) is 0 Å². The fraction of sp³-hybridized carbons (Fsp3) is 0.500. The van der Waals surface area contributed by atoms with Gasteiger partial charge in [-0.3, -0.25) is 9.88 Å². The molecule has 1 aromatic heterocycles. The van der Waals surface area contributed by atoms with Crippen LogP contribution in [-0.4, -0.2) is 36.1 Å². The quantitative estimate of drug-likeness (QED) is 0.275. The van der Waals surface area contributed by atoms with Gasteiger partial charge in [-0.2, -0.15) is 0 Å². The van der Waals surface area contributed by atoms with E-state index in [1.54, 1.807) is 0 Å². The molecule has 0 aliphatic rings. The van der Waals surface area contributed by atoms with Crippen molar-refractivity contribution in [3.8, 4) is 0 Å². The number of rotatable bonds is 14. The number of benzene rings is 2. The fourth-order valence-electron chi connectivity index (χ4n) is 5.18. The molecular formula is C34H50Cl2N4Tc. The van der Waals surface area contributed by atoms with Crippen LogP contribution in [0.4, 0.5) is 11.4 Å². The van der Waals surface area contributed by atoms with Crippen LogP contribution in [0, 0.1) is 0 Å². The topological polar surface area (TPSA) is 40.2 Å². The van der Waals surface area contributed by atoms with Gasteiger partial charge in [-0.15, -0.1) is 0 Å². The van der Waals surface area contributed by atoms with E-state index in [2.05, 4.69) is 124 Å². The third-order valence-electron chi connectivity index (χ3n) is 7.32. The summed E-state index contributed by atoms with van der Waals surface area (Å²) < 4.78 is 0. The maximum absolute atomic E-state index is 4.62. The SMILES string of the molecule is CC(C)c1cccc(C(C)C)c1NCCN(CCNc1c(C(C)C)cccc1C(C)C)Cc1ccccn1.[Cl-].[Cl-].[Tc+2]. The first-order valence-electron chi connectivity index (χ1n) is 14.5. The maximum Gasteiger partial charge on any atom is 2.00 e. The van der Waals surface area contributed by atoms with Gasteiger partial charge in [0, 0.05) is 50.3 Å². The number of pyridine rings is 1. The van der Waals surface area contributed by atoms with Crippen LogP contribution in [0.15, 0.2) is 60.8 Å². The van der Waals surface area contributed by atoms with Crippen molar-refractivity contribution >= 4 is 11.4 Å². The summed E-state index contributed by atoms with van der Waals surface area (Å²) in [4.78, 5) is 7.13. The molecule has 3 rings (SSSR count). The minimum absolute atomic E-state index is 0. The molecule has 0 spiro atoms. The zero-order valence-electron chi connectivity index (χ0n) is 26.1. The molecule has 0 saturated carbocycles. The minimum atomic E-state index is 0. The number of hydrogen-bond donors (Lipinski definition) is 2. The molecule has 41 heavy (non-hydrogen) atoms. The Balaban J connectivity index is 0.00000533. The molecule has 0 aliphatic heterocycles. The standard InChI is InChI=1S/C34H50N4.2ClH.Tc/c1-24(2)29-14-11-15-30(25(3)4)33(29)36-19-21-38(23-28-13-9-10-18-35-28)22-20-37-34-31(26(5)6)16-12-17-32(34)27(7)8;;;/h9-18,24-27,36-37H,19-23H2,1-8H3;2*1H;/q;;;+2/p-2. The molecule has 227 valence electrons.